The van der Waals surface area contributed by atoms with Crippen molar-refractivity contribution in [1.82, 2.24) is 9.97 Å². The van der Waals surface area contributed by atoms with Crippen molar-refractivity contribution < 1.29 is 9.53 Å². The molecule has 0 amide bonds. The van der Waals surface area contributed by atoms with Crippen LogP contribution < -0.4 is 4.90 Å². The minimum Gasteiger partial charge on any atom is -0.364 e. The fraction of sp³-hybridized carbons (Fsp3) is 0.214. The zero-order valence-corrected chi connectivity index (χ0v) is 12.0. The van der Waals surface area contributed by atoms with Crippen LogP contribution in [0.2, 0.25) is 0 Å². The molecular weight excluding hydrogens is 274 g/mol. The number of hydrogen-bond donors (Lipinski definition) is 0. The quantitative estimate of drug-likeness (QED) is 0.809. The minimum absolute atomic E-state index is 0.0418. The molecule has 0 atom stereocenters. The van der Waals surface area contributed by atoms with E-state index in [1.807, 2.05) is 23.1 Å². The van der Waals surface area contributed by atoms with Gasteiger partial charge in [0.25, 0.3) is 0 Å². The number of hydrogen-bond acceptors (Lipinski definition) is 6. The summed E-state index contributed by atoms with van der Waals surface area (Å²) in [5, 5.41) is 0.840. The Morgan fingerprint density at radius 1 is 1.35 bits per heavy atom. The van der Waals surface area contributed by atoms with Crippen molar-refractivity contribution in [2.75, 3.05) is 18.7 Å². The van der Waals surface area contributed by atoms with Crippen LogP contribution in [0.3, 0.4) is 0 Å². The normalized spacial score (nSPS) is 12.8. The van der Waals surface area contributed by atoms with Gasteiger partial charge < -0.3 is 4.74 Å². The van der Waals surface area contributed by atoms with Gasteiger partial charge in [-0.15, -0.1) is 0 Å². The van der Waals surface area contributed by atoms with Gasteiger partial charge in [0.2, 0.25) is 0 Å². The Hall–Kier alpha value is -1.92. The van der Waals surface area contributed by atoms with Crippen LogP contribution in [-0.2, 0) is 4.74 Å². The molecule has 1 aromatic heterocycles. The van der Waals surface area contributed by atoms with Crippen molar-refractivity contribution in [2.24, 2.45) is 0 Å². The van der Waals surface area contributed by atoms with Gasteiger partial charge in [0.1, 0.15) is 11.8 Å². The zero-order valence-electron chi connectivity index (χ0n) is 11.2. The highest BCUT2D eigenvalue weighted by Gasteiger charge is 2.26. The van der Waals surface area contributed by atoms with Crippen LogP contribution in [0.1, 0.15) is 17.3 Å². The summed E-state index contributed by atoms with van der Waals surface area (Å²) in [6.45, 7) is 1.92. The molecule has 3 rings (SSSR count). The van der Waals surface area contributed by atoms with Gasteiger partial charge in [-0.3, -0.25) is 9.69 Å². The summed E-state index contributed by atoms with van der Waals surface area (Å²) in [6, 6.07) is 5.65. The third-order valence-electron chi connectivity index (χ3n) is 3.02. The second-order valence-electron chi connectivity index (χ2n) is 4.37. The monoisotopic (exact) mass is 287 g/mol. The molecule has 0 saturated heterocycles. The summed E-state index contributed by atoms with van der Waals surface area (Å²) in [5.74, 6) is 0.799. The molecule has 0 bridgehead atoms. The van der Waals surface area contributed by atoms with E-state index in [1.165, 1.54) is 0 Å². The van der Waals surface area contributed by atoms with Crippen molar-refractivity contribution in [3.05, 3.63) is 36.2 Å². The van der Waals surface area contributed by atoms with E-state index in [2.05, 4.69) is 9.97 Å². The number of anilines is 2. The number of ether oxygens (including phenoxy) is 1. The van der Waals surface area contributed by atoms with E-state index in [4.69, 9.17) is 4.74 Å². The van der Waals surface area contributed by atoms with E-state index in [0.717, 1.165) is 21.4 Å². The number of benzene rings is 1. The summed E-state index contributed by atoms with van der Waals surface area (Å²) in [4.78, 5) is 23.2. The molecule has 2 aromatic rings. The van der Waals surface area contributed by atoms with E-state index < -0.39 is 0 Å². The maximum Gasteiger partial charge on any atom is 0.168 e. The Morgan fingerprint density at radius 3 is 2.90 bits per heavy atom. The average Bonchev–Trinajstić information content (AvgIpc) is 2.46. The molecule has 0 fully saturated rings. The van der Waals surface area contributed by atoms with Crippen LogP contribution >= 0.6 is 11.8 Å². The molecular formula is C14H13N3O2S. The zero-order chi connectivity index (χ0) is 14.1. The standard InChI is InChI=1S/C14H13N3O2S/c1-9(18)10-3-4-12-11(7-10)17(8-19-2)13-14(20-12)16-6-5-15-13/h3-7H,8H2,1-2H3. The highest BCUT2D eigenvalue weighted by Crippen LogP contribution is 2.46. The molecule has 0 spiro atoms. The Kier molecular flexibility index (Phi) is 3.42. The van der Waals surface area contributed by atoms with Crippen molar-refractivity contribution in [1.29, 1.82) is 0 Å². The van der Waals surface area contributed by atoms with Crippen molar-refractivity contribution in [3.63, 3.8) is 0 Å². The van der Waals surface area contributed by atoms with E-state index in [9.17, 15) is 4.79 Å². The molecule has 5 nitrogen and oxygen atoms in total. The van der Waals surface area contributed by atoms with Crippen LogP contribution in [0.5, 0.6) is 0 Å². The highest BCUT2D eigenvalue weighted by molar-refractivity contribution is 7.99. The van der Waals surface area contributed by atoms with E-state index in [-0.39, 0.29) is 5.78 Å². The molecule has 0 saturated carbocycles. The minimum atomic E-state index is 0.0418. The summed E-state index contributed by atoms with van der Waals surface area (Å²) in [5.41, 5.74) is 1.61. The van der Waals surface area contributed by atoms with Gasteiger partial charge in [-0.1, -0.05) is 17.8 Å². The fourth-order valence-corrected chi connectivity index (χ4v) is 3.07. The molecule has 1 aliphatic heterocycles. The maximum atomic E-state index is 11.6. The van der Waals surface area contributed by atoms with Gasteiger partial charge in [0.15, 0.2) is 11.6 Å². The largest absolute Gasteiger partial charge is 0.364 e. The molecule has 20 heavy (non-hydrogen) atoms. The molecule has 1 aliphatic rings. The lowest BCUT2D eigenvalue weighted by molar-refractivity contribution is 0.101. The third kappa shape index (κ3) is 2.17. The number of carbonyl (C=O) groups excluding carboxylic acids is 1. The van der Waals surface area contributed by atoms with Gasteiger partial charge >= 0.3 is 0 Å². The molecule has 6 heteroatoms. The topological polar surface area (TPSA) is 55.3 Å². The molecule has 0 radical (unpaired) electrons. The summed E-state index contributed by atoms with van der Waals surface area (Å²) >= 11 is 1.55. The molecule has 0 N–H and O–H groups in total. The first-order valence-electron chi connectivity index (χ1n) is 6.11. The first kappa shape index (κ1) is 13.1. The molecule has 0 unspecified atom stereocenters. The van der Waals surface area contributed by atoms with Crippen molar-refractivity contribution in [3.8, 4) is 0 Å². The molecule has 2 heterocycles. The average molecular weight is 287 g/mol. The Balaban J connectivity index is 2.14. The smallest absolute Gasteiger partial charge is 0.168 e. The lowest BCUT2D eigenvalue weighted by Gasteiger charge is -2.30. The van der Waals surface area contributed by atoms with Crippen LogP contribution in [-0.4, -0.2) is 29.6 Å². The second kappa shape index (κ2) is 5.22. The number of carbonyl (C=O) groups is 1. The summed E-state index contributed by atoms with van der Waals surface area (Å²) in [6.07, 6.45) is 3.33. The second-order valence-corrected chi connectivity index (χ2v) is 5.40. The van der Waals surface area contributed by atoms with Gasteiger partial charge in [-0.2, -0.15) is 0 Å². The van der Waals surface area contributed by atoms with Crippen molar-refractivity contribution in [2.45, 2.75) is 16.8 Å². The SMILES string of the molecule is COCN1c2cc(C(C)=O)ccc2Sc2nccnc21. The van der Waals surface area contributed by atoms with Gasteiger partial charge in [0, 0.05) is 30.0 Å². The highest BCUT2D eigenvalue weighted by atomic mass is 32.2. The lowest BCUT2D eigenvalue weighted by atomic mass is 10.1. The summed E-state index contributed by atoms with van der Waals surface area (Å²) in [7, 11) is 1.63. The van der Waals surface area contributed by atoms with Crippen LogP contribution in [0, 0.1) is 0 Å². The Labute approximate surface area is 121 Å². The predicted octanol–water partition coefficient (Wildman–Crippen LogP) is 2.89. The number of nitrogens with zero attached hydrogens (tertiary/aromatic N) is 3. The predicted molar refractivity (Wildman–Crippen MR) is 76.6 cm³/mol. The van der Waals surface area contributed by atoms with Gasteiger partial charge in [-0.25, -0.2) is 9.97 Å². The van der Waals surface area contributed by atoms with Crippen LogP contribution in [0.25, 0.3) is 0 Å². The van der Waals surface area contributed by atoms with E-state index in [0.29, 0.717) is 12.3 Å². The summed E-state index contributed by atoms with van der Waals surface area (Å²) < 4.78 is 5.26. The Morgan fingerprint density at radius 2 is 2.15 bits per heavy atom. The number of methoxy groups -OCH3 is 1. The van der Waals surface area contributed by atoms with Gasteiger partial charge in [-0.05, 0) is 19.1 Å². The van der Waals surface area contributed by atoms with Crippen LogP contribution in [0.15, 0.2) is 40.5 Å². The first-order valence-corrected chi connectivity index (χ1v) is 6.92. The molecule has 0 aliphatic carbocycles. The van der Waals surface area contributed by atoms with Crippen LogP contribution in [0.4, 0.5) is 11.5 Å². The van der Waals surface area contributed by atoms with E-state index >= 15 is 0 Å². The van der Waals surface area contributed by atoms with Gasteiger partial charge in [0.05, 0.1) is 5.69 Å². The lowest BCUT2D eigenvalue weighted by Crippen LogP contribution is -2.24. The fourth-order valence-electron chi connectivity index (χ4n) is 2.09. The number of rotatable bonds is 3. The first-order chi connectivity index (χ1) is 9.70. The number of aromatic nitrogens is 2. The number of fused-ring (bicyclic) bond motifs is 2. The number of ketones is 1. The molecule has 102 valence electrons. The third-order valence-corrected chi connectivity index (χ3v) is 4.07. The molecule has 1 aromatic carbocycles. The van der Waals surface area contributed by atoms with E-state index in [1.54, 1.807) is 38.2 Å². The Bertz CT molecular complexity index is 675. The maximum absolute atomic E-state index is 11.6. The van der Waals surface area contributed by atoms with Crippen molar-refractivity contribution >= 4 is 29.1 Å². The number of Topliss-reactive ketones (excluding diaryl/α,β-unsaturated/α-hetero) is 1.